The molecule has 2 aromatic rings. The van der Waals surface area contributed by atoms with Crippen LogP contribution in [0.3, 0.4) is 0 Å². The molecule has 0 saturated carbocycles. The van der Waals surface area contributed by atoms with Crippen LogP contribution in [0.4, 0.5) is 5.69 Å². The molecule has 1 aliphatic carbocycles. The number of thioether (sulfide) groups is 1. The first kappa shape index (κ1) is 21.0. The molecule has 2 N–H and O–H groups in total. The molecule has 0 radical (unpaired) electrons. The minimum absolute atomic E-state index is 0.0657. The fourth-order valence-electron chi connectivity index (χ4n) is 3.64. The minimum atomic E-state index is -0.356. The fourth-order valence-corrected chi connectivity index (χ4v) is 4.10. The van der Waals surface area contributed by atoms with E-state index in [4.69, 9.17) is 0 Å². The van der Waals surface area contributed by atoms with Gasteiger partial charge in [0, 0.05) is 16.8 Å². The average molecular weight is 406 g/mol. The molecule has 1 amide bonds. The van der Waals surface area contributed by atoms with Gasteiger partial charge in [-0.3, -0.25) is 4.79 Å². The number of aryl methyl sites for hydroxylation is 2. The molecule has 0 aliphatic heterocycles. The van der Waals surface area contributed by atoms with Gasteiger partial charge in [-0.05, 0) is 73.2 Å². The molecule has 3 rings (SSSR count). The van der Waals surface area contributed by atoms with Crippen molar-refractivity contribution in [2.45, 2.75) is 50.0 Å². The molecule has 1 aliphatic rings. The van der Waals surface area contributed by atoms with Crippen LogP contribution >= 0.6 is 11.8 Å². The third-order valence-electron chi connectivity index (χ3n) is 5.31. The third kappa shape index (κ3) is 5.42. The van der Waals surface area contributed by atoms with Crippen molar-refractivity contribution in [1.82, 2.24) is 5.32 Å². The first-order valence-electron chi connectivity index (χ1n) is 10.1. The first-order valence-corrected chi connectivity index (χ1v) is 11.3. The Bertz CT molecular complexity index is 945. The number of nitriles is 1. The average Bonchev–Trinajstić information content (AvgIpc) is 2.77. The Morgan fingerprint density at radius 2 is 2.00 bits per heavy atom. The minimum Gasteiger partial charge on any atom is -0.360 e. The molecule has 1 atom stereocenters. The Kier molecular flexibility index (Phi) is 7.37. The van der Waals surface area contributed by atoms with Crippen molar-refractivity contribution in [2.75, 3.05) is 11.6 Å². The van der Waals surface area contributed by atoms with Gasteiger partial charge in [-0.1, -0.05) is 31.2 Å². The normalized spacial score (nSPS) is 14.4. The van der Waals surface area contributed by atoms with E-state index in [0.717, 1.165) is 35.4 Å². The molecule has 150 valence electrons. The van der Waals surface area contributed by atoms with E-state index in [0.29, 0.717) is 0 Å². The molecule has 5 heteroatoms. The summed E-state index contributed by atoms with van der Waals surface area (Å²) >= 11 is 1.64. The number of carbonyl (C=O) groups excluding carboxylic acids is 1. The summed E-state index contributed by atoms with van der Waals surface area (Å²) in [5.41, 5.74) is 4.85. The standard InChI is InChI=1S/C24H27N3OS/c1-3-23(19-12-11-17-7-4-5-8-18(17)13-19)27-24(28)20(15-25)16-26-21-9-6-10-22(14-21)29-2/h6,9-14,16,23,26H,3-5,7-8H2,1-2H3,(H,27,28)/b20-16-. The molecule has 0 heterocycles. The zero-order valence-corrected chi connectivity index (χ0v) is 17.8. The van der Waals surface area contributed by atoms with Crippen LogP contribution in [-0.2, 0) is 17.6 Å². The van der Waals surface area contributed by atoms with Crippen LogP contribution < -0.4 is 10.6 Å². The molecule has 1 unspecified atom stereocenters. The Morgan fingerprint density at radius 1 is 1.21 bits per heavy atom. The molecule has 0 fully saturated rings. The van der Waals surface area contributed by atoms with E-state index in [1.54, 1.807) is 11.8 Å². The van der Waals surface area contributed by atoms with Crippen molar-refractivity contribution in [3.05, 3.63) is 70.9 Å². The summed E-state index contributed by atoms with van der Waals surface area (Å²) in [4.78, 5) is 13.8. The molecular formula is C24H27N3OS. The van der Waals surface area contributed by atoms with Gasteiger partial charge in [0.05, 0.1) is 6.04 Å². The summed E-state index contributed by atoms with van der Waals surface area (Å²) in [6.45, 7) is 2.05. The summed E-state index contributed by atoms with van der Waals surface area (Å²) in [6.07, 6.45) is 8.99. The van der Waals surface area contributed by atoms with Gasteiger partial charge in [0.2, 0.25) is 0 Å². The number of anilines is 1. The van der Waals surface area contributed by atoms with E-state index in [1.807, 2.05) is 43.5 Å². The largest absolute Gasteiger partial charge is 0.360 e. The van der Waals surface area contributed by atoms with Gasteiger partial charge < -0.3 is 10.6 Å². The molecule has 2 aromatic carbocycles. The van der Waals surface area contributed by atoms with E-state index in [-0.39, 0.29) is 17.5 Å². The summed E-state index contributed by atoms with van der Waals surface area (Å²) in [5, 5.41) is 15.6. The number of carbonyl (C=O) groups is 1. The topological polar surface area (TPSA) is 64.9 Å². The van der Waals surface area contributed by atoms with Crippen LogP contribution in [0, 0.1) is 11.3 Å². The monoisotopic (exact) mass is 405 g/mol. The zero-order valence-electron chi connectivity index (χ0n) is 17.0. The van der Waals surface area contributed by atoms with Crippen LogP contribution in [0.25, 0.3) is 0 Å². The predicted molar refractivity (Wildman–Crippen MR) is 120 cm³/mol. The molecule has 29 heavy (non-hydrogen) atoms. The highest BCUT2D eigenvalue weighted by Crippen LogP contribution is 2.26. The van der Waals surface area contributed by atoms with Gasteiger partial charge in [-0.2, -0.15) is 5.26 Å². The number of amides is 1. The summed E-state index contributed by atoms with van der Waals surface area (Å²) in [7, 11) is 0. The maximum Gasteiger partial charge on any atom is 0.263 e. The molecule has 0 aromatic heterocycles. The molecule has 4 nitrogen and oxygen atoms in total. The lowest BCUT2D eigenvalue weighted by molar-refractivity contribution is -0.117. The number of hydrogen-bond donors (Lipinski definition) is 2. The molecule has 0 bridgehead atoms. The highest BCUT2D eigenvalue weighted by molar-refractivity contribution is 7.98. The second kappa shape index (κ2) is 10.2. The lowest BCUT2D eigenvalue weighted by Gasteiger charge is -2.21. The van der Waals surface area contributed by atoms with Crippen molar-refractivity contribution in [3.63, 3.8) is 0 Å². The predicted octanol–water partition coefficient (Wildman–Crippen LogP) is 5.37. The Labute approximate surface area is 177 Å². The van der Waals surface area contributed by atoms with Crippen LogP contribution in [0.1, 0.15) is 48.9 Å². The van der Waals surface area contributed by atoms with Crippen LogP contribution in [0.15, 0.2) is 59.1 Å². The van der Waals surface area contributed by atoms with Gasteiger partial charge in [0.15, 0.2) is 0 Å². The van der Waals surface area contributed by atoms with E-state index >= 15 is 0 Å². The number of rotatable bonds is 7. The smallest absolute Gasteiger partial charge is 0.263 e. The van der Waals surface area contributed by atoms with Crippen LogP contribution in [0.2, 0.25) is 0 Å². The quantitative estimate of drug-likeness (QED) is 0.369. The summed E-state index contributed by atoms with van der Waals surface area (Å²) in [5.74, 6) is -0.356. The lowest BCUT2D eigenvalue weighted by atomic mass is 9.88. The van der Waals surface area contributed by atoms with Crippen molar-refractivity contribution in [3.8, 4) is 6.07 Å². The molecule has 0 spiro atoms. The Balaban J connectivity index is 1.71. The van der Waals surface area contributed by atoms with E-state index in [9.17, 15) is 10.1 Å². The Morgan fingerprint density at radius 3 is 2.72 bits per heavy atom. The second-order valence-electron chi connectivity index (χ2n) is 7.22. The SMILES string of the molecule is CCC(NC(=O)/C(C#N)=C\Nc1cccc(SC)c1)c1ccc2c(c1)CCCC2. The van der Waals surface area contributed by atoms with Crippen LogP contribution in [-0.4, -0.2) is 12.2 Å². The van der Waals surface area contributed by atoms with Gasteiger partial charge >= 0.3 is 0 Å². The zero-order chi connectivity index (χ0) is 20.6. The van der Waals surface area contributed by atoms with Gasteiger partial charge in [-0.15, -0.1) is 11.8 Å². The lowest BCUT2D eigenvalue weighted by Crippen LogP contribution is -2.29. The summed E-state index contributed by atoms with van der Waals surface area (Å²) in [6, 6.07) is 16.3. The molecule has 0 saturated heterocycles. The van der Waals surface area contributed by atoms with Gasteiger partial charge in [0.25, 0.3) is 5.91 Å². The van der Waals surface area contributed by atoms with Crippen LogP contribution in [0.5, 0.6) is 0 Å². The number of nitrogens with one attached hydrogen (secondary N) is 2. The highest BCUT2D eigenvalue weighted by Gasteiger charge is 2.18. The van der Waals surface area contributed by atoms with Crippen molar-refractivity contribution < 1.29 is 4.79 Å². The maximum atomic E-state index is 12.7. The number of hydrogen-bond acceptors (Lipinski definition) is 4. The van der Waals surface area contributed by atoms with E-state index < -0.39 is 0 Å². The number of fused-ring (bicyclic) bond motifs is 1. The molecular weight excluding hydrogens is 378 g/mol. The first-order chi connectivity index (χ1) is 14.1. The van der Waals surface area contributed by atoms with Gasteiger partial charge in [-0.25, -0.2) is 0 Å². The third-order valence-corrected chi connectivity index (χ3v) is 6.03. The fraction of sp³-hybridized carbons (Fsp3) is 0.333. The van der Waals surface area contributed by atoms with Gasteiger partial charge in [0.1, 0.15) is 11.6 Å². The van der Waals surface area contributed by atoms with Crippen molar-refractivity contribution in [2.24, 2.45) is 0 Å². The highest BCUT2D eigenvalue weighted by atomic mass is 32.2. The van der Waals surface area contributed by atoms with Crippen molar-refractivity contribution >= 4 is 23.4 Å². The summed E-state index contributed by atoms with van der Waals surface area (Å²) < 4.78 is 0. The maximum absolute atomic E-state index is 12.7. The van der Waals surface area contributed by atoms with E-state index in [2.05, 4.69) is 28.8 Å². The number of nitrogens with zero attached hydrogens (tertiary/aromatic N) is 1. The second-order valence-corrected chi connectivity index (χ2v) is 8.10. The van der Waals surface area contributed by atoms with Crippen molar-refractivity contribution in [1.29, 1.82) is 5.26 Å². The van der Waals surface area contributed by atoms with E-state index in [1.165, 1.54) is 30.2 Å². The Hall–Kier alpha value is -2.71. The number of benzene rings is 2.